The summed E-state index contributed by atoms with van der Waals surface area (Å²) in [5.41, 5.74) is 2.82. The Morgan fingerprint density at radius 3 is 2.47 bits per heavy atom. The minimum atomic E-state index is -0.756. The lowest BCUT2D eigenvalue weighted by atomic mass is 9.82. The molecule has 0 radical (unpaired) electrons. The highest BCUT2D eigenvalue weighted by atomic mass is 32.2. The van der Waals surface area contributed by atoms with Gasteiger partial charge in [0, 0.05) is 22.0 Å². The molecule has 5 aromatic rings. The number of nitrogens with zero attached hydrogens (tertiary/aromatic N) is 1. The second-order valence-electron chi connectivity index (χ2n) is 10.5. The van der Waals surface area contributed by atoms with Crippen LogP contribution in [-0.4, -0.2) is 34.6 Å². The average molecular weight is 608 g/mol. The first kappa shape index (κ1) is 27.2. The van der Waals surface area contributed by atoms with Gasteiger partial charge in [-0.15, -0.1) is 0 Å². The number of anilines is 2. The number of carbonyl (C=O) groups excluding carboxylic acids is 3. The molecule has 43 heavy (non-hydrogen) atoms. The molecule has 1 saturated heterocycles. The maximum Gasteiger partial charge on any atom is 0.305 e. The van der Waals surface area contributed by atoms with Crippen molar-refractivity contribution in [2.45, 2.75) is 23.1 Å². The molecule has 3 heterocycles. The summed E-state index contributed by atoms with van der Waals surface area (Å²) in [6.45, 7) is 1.68. The Kier molecular flexibility index (Phi) is 6.87. The number of amides is 3. The zero-order valence-corrected chi connectivity index (χ0v) is 24.5. The quantitative estimate of drug-likeness (QED) is 0.240. The van der Waals surface area contributed by atoms with Crippen LogP contribution >= 0.6 is 23.1 Å². The van der Waals surface area contributed by atoms with Crippen molar-refractivity contribution >= 4 is 63.0 Å². The third-order valence-corrected chi connectivity index (χ3v) is 10.2. The molecule has 0 aliphatic carbocycles. The molecule has 3 amide bonds. The van der Waals surface area contributed by atoms with Gasteiger partial charge in [-0.3, -0.25) is 19.2 Å². The molecule has 3 atom stereocenters. The van der Waals surface area contributed by atoms with Crippen LogP contribution in [0.25, 0.3) is 10.8 Å². The fraction of sp³-hybridized carbons (Fsp3) is 0.152. The first-order chi connectivity index (χ1) is 20.9. The van der Waals surface area contributed by atoms with Gasteiger partial charge in [-0.25, -0.2) is 4.90 Å². The first-order valence-corrected chi connectivity index (χ1v) is 15.4. The molecule has 2 N–H and O–H groups in total. The van der Waals surface area contributed by atoms with Crippen molar-refractivity contribution in [1.82, 2.24) is 4.98 Å². The Morgan fingerprint density at radius 2 is 1.65 bits per heavy atom. The van der Waals surface area contributed by atoms with Gasteiger partial charge in [0.2, 0.25) is 11.8 Å². The number of thiazole rings is 1. The van der Waals surface area contributed by atoms with Gasteiger partial charge in [0.1, 0.15) is 11.0 Å². The SMILES string of the molecule is Cc1ccc(N2C(=O)C3Sc4[nH]c(=O)sc4[C@H](c4ccccc4OCC(=O)Nc4ccc5ccccc5c4)C3C2=O)cc1. The number of hydrogen-bond donors (Lipinski definition) is 2. The summed E-state index contributed by atoms with van der Waals surface area (Å²) in [6.07, 6.45) is 0. The highest BCUT2D eigenvalue weighted by Gasteiger charge is 2.56. The summed E-state index contributed by atoms with van der Waals surface area (Å²) in [6, 6.07) is 28.0. The van der Waals surface area contributed by atoms with Crippen molar-refractivity contribution in [1.29, 1.82) is 0 Å². The fourth-order valence-corrected chi connectivity index (χ4v) is 8.28. The normalized spacial score (nSPS) is 19.3. The number of rotatable bonds is 6. The lowest BCUT2D eigenvalue weighted by Gasteiger charge is -2.30. The molecule has 10 heteroatoms. The van der Waals surface area contributed by atoms with Gasteiger partial charge in [0.25, 0.3) is 5.91 Å². The molecule has 1 fully saturated rings. The summed E-state index contributed by atoms with van der Waals surface area (Å²) in [7, 11) is 0. The zero-order valence-electron chi connectivity index (χ0n) is 22.9. The van der Waals surface area contributed by atoms with Crippen LogP contribution in [-0.2, 0) is 14.4 Å². The molecular formula is C33H25N3O5S2. The summed E-state index contributed by atoms with van der Waals surface area (Å²) < 4.78 is 6.06. The fourth-order valence-electron chi connectivity index (χ4n) is 5.78. The monoisotopic (exact) mass is 607 g/mol. The Balaban J connectivity index is 1.19. The van der Waals surface area contributed by atoms with Gasteiger partial charge in [-0.1, -0.05) is 89.3 Å². The number of aromatic nitrogens is 1. The van der Waals surface area contributed by atoms with E-state index < -0.39 is 17.1 Å². The van der Waals surface area contributed by atoms with Gasteiger partial charge in [0.15, 0.2) is 6.61 Å². The third kappa shape index (κ3) is 4.92. The molecule has 0 spiro atoms. The van der Waals surface area contributed by atoms with Crippen molar-refractivity contribution in [3.8, 4) is 5.75 Å². The zero-order chi connectivity index (χ0) is 29.7. The second kappa shape index (κ2) is 10.9. The highest BCUT2D eigenvalue weighted by Crippen LogP contribution is 2.54. The summed E-state index contributed by atoms with van der Waals surface area (Å²) in [4.78, 5) is 57.6. The predicted molar refractivity (Wildman–Crippen MR) is 168 cm³/mol. The standard InChI is InChI=1S/C33H25N3O5S2/c1-18-10-14-22(15-11-18)36-31(38)27-26(28-30(35-33(40)43-28)42-29(27)32(36)39)23-8-4-5-9-24(23)41-17-25(37)34-21-13-12-19-6-2-3-7-20(19)16-21/h2-16,26-27,29H,17H2,1H3,(H,34,37)(H,35,40)/t26-,27?,29?/m1/s1. The van der Waals surface area contributed by atoms with E-state index in [4.69, 9.17) is 4.74 Å². The summed E-state index contributed by atoms with van der Waals surface area (Å²) in [5.74, 6) is -1.95. The molecule has 8 nitrogen and oxygen atoms in total. The van der Waals surface area contributed by atoms with E-state index in [1.165, 1.54) is 16.7 Å². The lowest BCUT2D eigenvalue weighted by Crippen LogP contribution is -2.32. The van der Waals surface area contributed by atoms with Crippen LogP contribution in [0.3, 0.4) is 0 Å². The number of aromatic amines is 1. The van der Waals surface area contributed by atoms with E-state index in [0.29, 0.717) is 32.6 Å². The van der Waals surface area contributed by atoms with E-state index in [9.17, 15) is 19.2 Å². The van der Waals surface area contributed by atoms with Crippen LogP contribution in [0.5, 0.6) is 5.75 Å². The van der Waals surface area contributed by atoms with Crippen LogP contribution in [0, 0.1) is 12.8 Å². The van der Waals surface area contributed by atoms with Crippen molar-refractivity contribution in [3.05, 3.63) is 117 Å². The topological polar surface area (TPSA) is 109 Å². The predicted octanol–water partition coefficient (Wildman–Crippen LogP) is 5.71. The van der Waals surface area contributed by atoms with Crippen LogP contribution in [0.4, 0.5) is 11.4 Å². The van der Waals surface area contributed by atoms with E-state index in [-0.39, 0.29) is 29.2 Å². The highest BCUT2D eigenvalue weighted by molar-refractivity contribution is 8.00. The average Bonchev–Trinajstić information content (AvgIpc) is 3.50. The number of hydrogen-bond acceptors (Lipinski definition) is 7. The number of H-pyrrole nitrogens is 1. The number of thioether (sulfide) groups is 1. The van der Waals surface area contributed by atoms with Crippen molar-refractivity contribution in [3.63, 3.8) is 0 Å². The molecule has 7 rings (SSSR count). The van der Waals surface area contributed by atoms with Crippen molar-refractivity contribution in [2.75, 3.05) is 16.8 Å². The number of nitrogens with one attached hydrogen (secondary N) is 2. The first-order valence-electron chi connectivity index (χ1n) is 13.7. The molecule has 214 valence electrons. The maximum absolute atomic E-state index is 14.0. The Bertz CT molecular complexity index is 1970. The molecule has 1 aromatic heterocycles. The van der Waals surface area contributed by atoms with Crippen LogP contribution in [0.15, 0.2) is 101 Å². The van der Waals surface area contributed by atoms with Crippen molar-refractivity contribution in [2.24, 2.45) is 5.92 Å². The molecular weight excluding hydrogens is 583 g/mol. The smallest absolute Gasteiger partial charge is 0.305 e. The second-order valence-corrected chi connectivity index (χ2v) is 12.7. The number of imide groups is 1. The molecule has 0 bridgehead atoms. The number of carbonyl (C=O) groups is 3. The van der Waals surface area contributed by atoms with E-state index in [0.717, 1.165) is 27.7 Å². The van der Waals surface area contributed by atoms with E-state index in [1.54, 1.807) is 24.3 Å². The van der Waals surface area contributed by atoms with Crippen molar-refractivity contribution < 1.29 is 19.1 Å². The van der Waals surface area contributed by atoms with Crippen LogP contribution < -0.4 is 19.8 Å². The third-order valence-electron chi connectivity index (χ3n) is 7.76. The van der Waals surface area contributed by atoms with E-state index >= 15 is 0 Å². The van der Waals surface area contributed by atoms with Crippen LogP contribution in [0.2, 0.25) is 0 Å². The van der Waals surface area contributed by atoms with Gasteiger partial charge in [-0.2, -0.15) is 0 Å². The number of ether oxygens (including phenoxy) is 1. The molecule has 2 aliphatic rings. The maximum atomic E-state index is 14.0. The molecule has 0 saturated carbocycles. The Labute approximate surface area is 254 Å². The van der Waals surface area contributed by atoms with Gasteiger partial charge < -0.3 is 15.0 Å². The largest absolute Gasteiger partial charge is 0.483 e. The van der Waals surface area contributed by atoms with E-state index in [2.05, 4.69) is 10.3 Å². The van der Waals surface area contributed by atoms with E-state index in [1.807, 2.05) is 73.7 Å². The van der Waals surface area contributed by atoms with Crippen LogP contribution in [0.1, 0.15) is 21.9 Å². The minimum absolute atomic E-state index is 0.258. The van der Waals surface area contributed by atoms with Gasteiger partial charge in [-0.05, 0) is 48.0 Å². The minimum Gasteiger partial charge on any atom is -0.483 e. The molecule has 2 aliphatic heterocycles. The van der Waals surface area contributed by atoms with Gasteiger partial charge in [0.05, 0.1) is 16.6 Å². The number of fused-ring (bicyclic) bond motifs is 3. The number of benzene rings is 4. The number of aryl methyl sites for hydroxylation is 1. The number of para-hydroxylation sites is 1. The summed E-state index contributed by atoms with van der Waals surface area (Å²) in [5, 5.41) is 4.82. The lowest BCUT2D eigenvalue weighted by molar-refractivity contribution is -0.122. The molecule has 2 unspecified atom stereocenters. The summed E-state index contributed by atoms with van der Waals surface area (Å²) >= 11 is 2.26. The Hall–Kier alpha value is -4.67. The van der Waals surface area contributed by atoms with Gasteiger partial charge >= 0.3 is 4.87 Å². The molecule has 4 aromatic carbocycles. The Morgan fingerprint density at radius 1 is 0.907 bits per heavy atom.